The third-order valence-corrected chi connectivity index (χ3v) is 4.63. The first-order valence-corrected chi connectivity index (χ1v) is 8.89. The molecule has 0 spiro atoms. The van der Waals surface area contributed by atoms with Crippen molar-refractivity contribution in [3.8, 4) is 11.5 Å². The van der Waals surface area contributed by atoms with Crippen LogP contribution in [0.15, 0.2) is 18.2 Å². The predicted octanol–water partition coefficient (Wildman–Crippen LogP) is 3.07. The SMILES string of the molecule is CCCCC(=O)N1CCC(C(=O)Nc2ccc(OC)cc2OC)CC1. The van der Waals surface area contributed by atoms with Crippen LogP contribution in [0.4, 0.5) is 5.69 Å². The fraction of sp³-hybridized carbons (Fsp3) is 0.579. The van der Waals surface area contributed by atoms with E-state index in [4.69, 9.17) is 9.47 Å². The summed E-state index contributed by atoms with van der Waals surface area (Å²) < 4.78 is 10.5. The standard InChI is InChI=1S/C19H28N2O4/c1-4-5-6-18(22)21-11-9-14(10-12-21)19(23)20-16-8-7-15(24-2)13-17(16)25-3/h7-8,13-14H,4-6,9-12H2,1-3H3,(H,20,23). The van der Waals surface area contributed by atoms with Gasteiger partial charge in [-0.05, 0) is 31.4 Å². The summed E-state index contributed by atoms with van der Waals surface area (Å²) in [7, 11) is 3.15. The number of piperidine rings is 1. The van der Waals surface area contributed by atoms with Crippen molar-refractivity contribution < 1.29 is 19.1 Å². The number of carbonyl (C=O) groups excluding carboxylic acids is 2. The van der Waals surface area contributed by atoms with E-state index >= 15 is 0 Å². The highest BCUT2D eigenvalue weighted by atomic mass is 16.5. The lowest BCUT2D eigenvalue weighted by Gasteiger charge is -2.31. The van der Waals surface area contributed by atoms with Gasteiger partial charge in [0.05, 0.1) is 19.9 Å². The molecule has 1 heterocycles. The van der Waals surface area contributed by atoms with E-state index in [1.165, 1.54) is 0 Å². The Kier molecular flexibility index (Phi) is 7.10. The van der Waals surface area contributed by atoms with Crippen LogP contribution in [0.1, 0.15) is 39.0 Å². The molecule has 2 amide bonds. The average molecular weight is 348 g/mol. The number of benzene rings is 1. The monoisotopic (exact) mass is 348 g/mol. The molecule has 1 N–H and O–H groups in total. The molecule has 1 saturated heterocycles. The van der Waals surface area contributed by atoms with Crippen LogP contribution in [0, 0.1) is 5.92 Å². The predicted molar refractivity (Wildman–Crippen MR) is 97.0 cm³/mol. The van der Waals surface area contributed by atoms with E-state index in [1.54, 1.807) is 32.4 Å². The summed E-state index contributed by atoms with van der Waals surface area (Å²) >= 11 is 0. The molecule has 6 heteroatoms. The van der Waals surface area contributed by atoms with Gasteiger partial charge in [0.15, 0.2) is 0 Å². The molecule has 6 nitrogen and oxygen atoms in total. The summed E-state index contributed by atoms with van der Waals surface area (Å²) in [6, 6.07) is 5.30. The second-order valence-electron chi connectivity index (χ2n) is 6.31. The number of hydrogen-bond donors (Lipinski definition) is 1. The number of carbonyl (C=O) groups is 2. The quantitative estimate of drug-likeness (QED) is 0.822. The van der Waals surface area contributed by atoms with Crippen LogP contribution in [-0.2, 0) is 9.59 Å². The van der Waals surface area contributed by atoms with Crippen LogP contribution < -0.4 is 14.8 Å². The highest BCUT2D eigenvalue weighted by Gasteiger charge is 2.27. The van der Waals surface area contributed by atoms with Crippen molar-refractivity contribution in [3.05, 3.63) is 18.2 Å². The number of hydrogen-bond acceptors (Lipinski definition) is 4. The zero-order chi connectivity index (χ0) is 18.2. The smallest absolute Gasteiger partial charge is 0.227 e. The number of rotatable bonds is 7. The minimum atomic E-state index is -0.0815. The maximum absolute atomic E-state index is 12.5. The molecule has 1 aromatic carbocycles. The Hall–Kier alpha value is -2.24. The van der Waals surface area contributed by atoms with Gasteiger partial charge in [0.2, 0.25) is 11.8 Å². The maximum Gasteiger partial charge on any atom is 0.227 e. The Morgan fingerprint density at radius 1 is 1.20 bits per heavy atom. The highest BCUT2D eigenvalue weighted by molar-refractivity contribution is 5.94. The molecule has 0 aromatic heterocycles. The van der Waals surface area contributed by atoms with Gasteiger partial charge in [-0.15, -0.1) is 0 Å². The number of anilines is 1. The fourth-order valence-corrected chi connectivity index (χ4v) is 3.01. The number of likely N-dealkylation sites (tertiary alicyclic amines) is 1. The van der Waals surface area contributed by atoms with E-state index in [-0.39, 0.29) is 17.7 Å². The van der Waals surface area contributed by atoms with Gasteiger partial charge in [0.25, 0.3) is 0 Å². The average Bonchev–Trinajstić information content (AvgIpc) is 2.66. The molecule has 2 rings (SSSR count). The van der Waals surface area contributed by atoms with Gasteiger partial charge in [-0.1, -0.05) is 13.3 Å². The minimum Gasteiger partial charge on any atom is -0.497 e. The van der Waals surface area contributed by atoms with Crippen molar-refractivity contribution in [1.82, 2.24) is 4.90 Å². The molecule has 0 aliphatic carbocycles. The molecule has 0 unspecified atom stereocenters. The van der Waals surface area contributed by atoms with Crippen molar-refractivity contribution in [3.63, 3.8) is 0 Å². The van der Waals surface area contributed by atoms with Crippen LogP contribution >= 0.6 is 0 Å². The van der Waals surface area contributed by atoms with E-state index < -0.39 is 0 Å². The Labute approximate surface area is 149 Å². The number of nitrogens with one attached hydrogen (secondary N) is 1. The summed E-state index contributed by atoms with van der Waals surface area (Å²) in [5.74, 6) is 1.34. The molecule has 1 aromatic rings. The van der Waals surface area contributed by atoms with Gasteiger partial charge < -0.3 is 19.7 Å². The van der Waals surface area contributed by atoms with E-state index in [0.717, 1.165) is 12.8 Å². The van der Waals surface area contributed by atoms with Crippen molar-refractivity contribution in [2.75, 3.05) is 32.6 Å². The van der Waals surface area contributed by atoms with Crippen molar-refractivity contribution in [2.24, 2.45) is 5.92 Å². The zero-order valence-corrected chi connectivity index (χ0v) is 15.3. The number of amides is 2. The lowest BCUT2D eigenvalue weighted by molar-refractivity contribution is -0.134. The van der Waals surface area contributed by atoms with Crippen LogP contribution in [-0.4, -0.2) is 44.0 Å². The lowest BCUT2D eigenvalue weighted by atomic mass is 9.95. The zero-order valence-electron chi connectivity index (χ0n) is 15.3. The molecule has 138 valence electrons. The van der Waals surface area contributed by atoms with Gasteiger partial charge in [0, 0.05) is 31.5 Å². The van der Waals surface area contributed by atoms with E-state index in [9.17, 15) is 9.59 Å². The third-order valence-electron chi connectivity index (χ3n) is 4.63. The second kappa shape index (κ2) is 9.30. The molecular weight excluding hydrogens is 320 g/mol. The molecule has 1 aliphatic rings. The second-order valence-corrected chi connectivity index (χ2v) is 6.31. The molecule has 0 bridgehead atoms. The van der Waals surface area contributed by atoms with E-state index in [1.807, 2.05) is 4.90 Å². The molecule has 0 radical (unpaired) electrons. The van der Waals surface area contributed by atoms with Crippen LogP contribution in [0.5, 0.6) is 11.5 Å². The summed E-state index contributed by atoms with van der Waals surface area (Å²) in [4.78, 5) is 26.5. The largest absolute Gasteiger partial charge is 0.497 e. The van der Waals surface area contributed by atoms with Crippen LogP contribution in [0.3, 0.4) is 0 Å². The van der Waals surface area contributed by atoms with Crippen molar-refractivity contribution in [2.45, 2.75) is 39.0 Å². The summed E-state index contributed by atoms with van der Waals surface area (Å²) in [5, 5.41) is 2.94. The number of methoxy groups -OCH3 is 2. The third kappa shape index (κ3) is 5.11. The normalized spacial score (nSPS) is 14.9. The van der Waals surface area contributed by atoms with Gasteiger partial charge in [-0.25, -0.2) is 0 Å². The minimum absolute atomic E-state index is 0.0240. The van der Waals surface area contributed by atoms with Crippen LogP contribution in [0.2, 0.25) is 0 Å². The molecular formula is C19H28N2O4. The lowest BCUT2D eigenvalue weighted by Crippen LogP contribution is -2.41. The number of unbranched alkanes of at least 4 members (excludes halogenated alkanes) is 1. The van der Waals surface area contributed by atoms with E-state index in [2.05, 4.69) is 12.2 Å². The number of ether oxygens (including phenoxy) is 2. The van der Waals surface area contributed by atoms with Gasteiger partial charge in [0.1, 0.15) is 11.5 Å². The topological polar surface area (TPSA) is 67.9 Å². The van der Waals surface area contributed by atoms with Gasteiger partial charge in [-0.2, -0.15) is 0 Å². The van der Waals surface area contributed by atoms with Crippen LogP contribution in [0.25, 0.3) is 0 Å². The van der Waals surface area contributed by atoms with E-state index in [0.29, 0.717) is 49.5 Å². The summed E-state index contributed by atoms with van der Waals surface area (Å²) in [6.45, 7) is 3.39. The van der Waals surface area contributed by atoms with Crippen molar-refractivity contribution in [1.29, 1.82) is 0 Å². The highest BCUT2D eigenvalue weighted by Crippen LogP contribution is 2.30. The Balaban J connectivity index is 1.90. The fourth-order valence-electron chi connectivity index (χ4n) is 3.01. The van der Waals surface area contributed by atoms with Gasteiger partial charge in [-0.3, -0.25) is 9.59 Å². The summed E-state index contributed by atoms with van der Waals surface area (Å²) in [6.07, 6.45) is 3.95. The first-order valence-electron chi connectivity index (χ1n) is 8.89. The Morgan fingerprint density at radius 2 is 1.92 bits per heavy atom. The first-order chi connectivity index (χ1) is 12.1. The molecule has 0 atom stereocenters. The Morgan fingerprint density at radius 3 is 2.52 bits per heavy atom. The van der Waals surface area contributed by atoms with Crippen molar-refractivity contribution >= 4 is 17.5 Å². The molecule has 1 aliphatic heterocycles. The number of nitrogens with zero attached hydrogens (tertiary/aromatic N) is 1. The maximum atomic E-state index is 12.5. The molecule has 25 heavy (non-hydrogen) atoms. The first kappa shape index (κ1) is 19.1. The molecule has 1 fully saturated rings. The van der Waals surface area contributed by atoms with Gasteiger partial charge >= 0.3 is 0 Å². The molecule has 0 saturated carbocycles. The summed E-state index contributed by atoms with van der Waals surface area (Å²) in [5.41, 5.74) is 0.634. The Bertz CT molecular complexity index is 595.